The Morgan fingerprint density at radius 1 is 1.25 bits per heavy atom. The Hall–Kier alpha value is -0.851. The molecule has 0 atom stereocenters. The number of hydrogen-bond acceptors (Lipinski definition) is 1. The molecule has 2 rings (SSSR count). The second kappa shape index (κ2) is 2.89. The Labute approximate surface area is 76.4 Å². The maximum absolute atomic E-state index is 11.4. The van der Waals surface area contributed by atoms with E-state index in [0.717, 1.165) is 10.9 Å². The van der Waals surface area contributed by atoms with Crippen LogP contribution in [0.4, 0.5) is 0 Å². The van der Waals surface area contributed by atoms with Crippen LogP contribution in [0.1, 0.15) is 5.56 Å². The molecular formula is C10H8OSe. The molecular weight excluding hydrogens is 215 g/mol. The van der Waals surface area contributed by atoms with Crippen molar-refractivity contribution in [2.24, 2.45) is 0 Å². The van der Waals surface area contributed by atoms with Gasteiger partial charge in [-0.05, 0) is 0 Å². The van der Waals surface area contributed by atoms with Crippen LogP contribution >= 0.6 is 0 Å². The van der Waals surface area contributed by atoms with Crippen LogP contribution in [-0.4, -0.2) is 14.5 Å². The molecule has 0 radical (unpaired) electrons. The van der Waals surface area contributed by atoms with Crippen LogP contribution in [0.25, 0.3) is 9.65 Å². The molecule has 0 unspecified atom stereocenters. The number of benzene rings is 1. The molecule has 2 heteroatoms. The van der Waals surface area contributed by atoms with Gasteiger partial charge in [-0.25, -0.2) is 0 Å². The predicted octanol–water partition coefficient (Wildman–Crippen LogP) is 1.57. The van der Waals surface area contributed by atoms with Gasteiger partial charge < -0.3 is 0 Å². The van der Waals surface area contributed by atoms with Crippen molar-refractivity contribution in [3.8, 4) is 0 Å². The molecule has 60 valence electrons. The van der Waals surface area contributed by atoms with Gasteiger partial charge in [-0.3, -0.25) is 0 Å². The van der Waals surface area contributed by atoms with Crippen LogP contribution in [0.3, 0.4) is 0 Å². The van der Waals surface area contributed by atoms with Crippen molar-refractivity contribution in [2.45, 2.75) is 6.92 Å². The van der Waals surface area contributed by atoms with Crippen molar-refractivity contribution in [3.63, 3.8) is 0 Å². The second-order valence-electron chi connectivity index (χ2n) is 2.78. The summed E-state index contributed by atoms with van der Waals surface area (Å²) in [6, 6.07) is 7.78. The normalized spacial score (nSPS) is 10.4. The zero-order chi connectivity index (χ0) is 8.55. The summed E-state index contributed by atoms with van der Waals surface area (Å²) in [5.74, 6) is 0. The van der Waals surface area contributed by atoms with E-state index in [1.807, 2.05) is 17.9 Å². The molecule has 1 heterocycles. The first-order valence-electron chi connectivity index (χ1n) is 3.75. The quantitative estimate of drug-likeness (QED) is 0.619. The van der Waals surface area contributed by atoms with E-state index < -0.39 is 0 Å². The van der Waals surface area contributed by atoms with Gasteiger partial charge in [0.2, 0.25) is 0 Å². The summed E-state index contributed by atoms with van der Waals surface area (Å²) in [5.41, 5.74) is 1.31. The van der Waals surface area contributed by atoms with Crippen LogP contribution in [0.2, 0.25) is 0 Å². The van der Waals surface area contributed by atoms with E-state index >= 15 is 0 Å². The van der Waals surface area contributed by atoms with E-state index in [1.54, 1.807) is 6.07 Å². The third kappa shape index (κ3) is 1.24. The molecule has 0 bridgehead atoms. The summed E-state index contributed by atoms with van der Waals surface area (Å²) < 4.78 is 1.21. The Kier molecular flexibility index (Phi) is 1.87. The number of rotatable bonds is 0. The molecule has 2 aromatic rings. The first kappa shape index (κ1) is 7.78. The molecule has 0 saturated heterocycles. The Bertz CT molecular complexity index is 470. The molecule has 12 heavy (non-hydrogen) atoms. The van der Waals surface area contributed by atoms with Gasteiger partial charge in [-0.2, -0.15) is 0 Å². The van der Waals surface area contributed by atoms with E-state index in [9.17, 15) is 4.79 Å². The van der Waals surface area contributed by atoms with Crippen molar-refractivity contribution < 1.29 is 0 Å². The summed E-state index contributed by atoms with van der Waals surface area (Å²) in [7, 11) is 0. The Morgan fingerprint density at radius 2 is 2.08 bits per heavy atom. The average Bonchev–Trinajstić information content (AvgIpc) is 2.07. The van der Waals surface area contributed by atoms with E-state index in [1.165, 1.54) is 4.26 Å². The van der Waals surface area contributed by atoms with Crippen LogP contribution in [-0.2, 0) is 0 Å². The van der Waals surface area contributed by atoms with E-state index in [4.69, 9.17) is 0 Å². The van der Waals surface area contributed by atoms with Gasteiger partial charge in [0.05, 0.1) is 0 Å². The summed E-state index contributed by atoms with van der Waals surface area (Å²) >= 11 is 0.358. The number of fused-ring (bicyclic) bond motifs is 1. The first-order valence-corrected chi connectivity index (χ1v) is 5.60. The molecule has 0 aliphatic rings. The van der Waals surface area contributed by atoms with E-state index in [2.05, 4.69) is 12.1 Å². The zero-order valence-corrected chi connectivity index (χ0v) is 8.42. The molecule has 0 spiro atoms. The topological polar surface area (TPSA) is 17.1 Å². The molecule has 1 aromatic heterocycles. The molecule has 1 nitrogen and oxygen atoms in total. The van der Waals surface area contributed by atoms with Crippen molar-refractivity contribution in [1.29, 1.82) is 0 Å². The fourth-order valence-electron chi connectivity index (χ4n) is 1.20. The number of hydrogen-bond donors (Lipinski definition) is 0. The van der Waals surface area contributed by atoms with Gasteiger partial charge in [0.1, 0.15) is 0 Å². The van der Waals surface area contributed by atoms with Gasteiger partial charge in [0, 0.05) is 0 Å². The fourth-order valence-corrected chi connectivity index (χ4v) is 2.82. The van der Waals surface area contributed by atoms with Crippen LogP contribution in [0, 0.1) is 6.92 Å². The monoisotopic (exact) mass is 224 g/mol. The SMILES string of the molecule is Cc1ccc2[se]ccc(=O)c2c1. The Balaban J connectivity index is 2.98. The molecule has 0 amide bonds. The van der Waals surface area contributed by atoms with Gasteiger partial charge in [-0.15, -0.1) is 0 Å². The third-order valence-corrected chi connectivity index (χ3v) is 3.67. The summed E-state index contributed by atoms with van der Waals surface area (Å²) in [5, 5.41) is 0.900. The minimum atomic E-state index is 0.154. The van der Waals surface area contributed by atoms with E-state index in [-0.39, 0.29) is 5.43 Å². The second-order valence-corrected chi connectivity index (χ2v) is 4.77. The third-order valence-electron chi connectivity index (χ3n) is 1.81. The van der Waals surface area contributed by atoms with Crippen LogP contribution in [0.15, 0.2) is 34.0 Å². The summed E-state index contributed by atoms with van der Waals surface area (Å²) in [6.45, 7) is 2.01. The van der Waals surface area contributed by atoms with E-state index in [0.29, 0.717) is 14.5 Å². The molecule has 0 N–H and O–H groups in total. The van der Waals surface area contributed by atoms with Gasteiger partial charge in [0.25, 0.3) is 0 Å². The molecule has 0 saturated carbocycles. The van der Waals surface area contributed by atoms with Crippen LogP contribution < -0.4 is 5.43 Å². The number of aryl methyl sites for hydroxylation is 1. The van der Waals surface area contributed by atoms with Gasteiger partial charge >= 0.3 is 76.1 Å². The Morgan fingerprint density at radius 3 is 2.92 bits per heavy atom. The van der Waals surface area contributed by atoms with Crippen LogP contribution in [0.5, 0.6) is 0 Å². The van der Waals surface area contributed by atoms with Gasteiger partial charge in [0.15, 0.2) is 0 Å². The summed E-state index contributed by atoms with van der Waals surface area (Å²) in [4.78, 5) is 13.3. The molecule has 1 aromatic carbocycles. The first-order chi connectivity index (χ1) is 5.77. The predicted molar refractivity (Wildman–Crippen MR) is 51.9 cm³/mol. The van der Waals surface area contributed by atoms with Crippen molar-refractivity contribution in [3.05, 3.63) is 45.0 Å². The van der Waals surface area contributed by atoms with Gasteiger partial charge in [-0.1, -0.05) is 0 Å². The molecule has 0 aliphatic heterocycles. The molecule has 0 fully saturated rings. The molecule has 0 aliphatic carbocycles. The summed E-state index contributed by atoms with van der Waals surface area (Å²) in [6.07, 6.45) is 0. The average molecular weight is 223 g/mol. The minimum absolute atomic E-state index is 0.154. The fraction of sp³-hybridized carbons (Fsp3) is 0.100. The standard InChI is InChI=1S/C10H8OSe/c1-7-2-3-10-8(6-7)9(11)4-5-12-10/h2-6H,1H3. The zero-order valence-electron chi connectivity index (χ0n) is 6.70. The van der Waals surface area contributed by atoms with Crippen molar-refractivity contribution >= 4 is 24.1 Å². The van der Waals surface area contributed by atoms with Crippen molar-refractivity contribution in [2.75, 3.05) is 0 Å². The maximum atomic E-state index is 11.4. The van der Waals surface area contributed by atoms with Crippen molar-refractivity contribution in [1.82, 2.24) is 0 Å².